The van der Waals surface area contributed by atoms with Gasteiger partial charge in [0.05, 0.1) is 6.61 Å². The van der Waals surface area contributed by atoms with Crippen LogP contribution in [0.3, 0.4) is 0 Å². The van der Waals surface area contributed by atoms with Crippen molar-refractivity contribution in [3.8, 4) is 0 Å². The largest absolute Gasteiger partial charge is 0.381 e. The van der Waals surface area contributed by atoms with Crippen molar-refractivity contribution >= 4 is 0 Å². The molecule has 11 heavy (non-hydrogen) atoms. The summed E-state index contributed by atoms with van der Waals surface area (Å²) in [6.45, 7) is 1.90. The molecule has 2 nitrogen and oxygen atoms in total. The SMILES string of the molecule is COC/C=C/C1CCCCN1. The van der Waals surface area contributed by atoms with E-state index >= 15 is 0 Å². The van der Waals surface area contributed by atoms with Gasteiger partial charge in [-0.3, -0.25) is 0 Å². The molecule has 1 aliphatic heterocycles. The Balaban J connectivity index is 2.13. The van der Waals surface area contributed by atoms with Crippen LogP contribution < -0.4 is 5.32 Å². The molecule has 1 N–H and O–H groups in total. The van der Waals surface area contributed by atoms with Crippen molar-refractivity contribution in [2.24, 2.45) is 0 Å². The van der Waals surface area contributed by atoms with Crippen LogP contribution in [0.5, 0.6) is 0 Å². The molecule has 0 aromatic rings. The third-order valence-corrected chi connectivity index (χ3v) is 1.98. The molecular formula is C9H17NO. The predicted octanol–water partition coefficient (Wildman–Crippen LogP) is 1.33. The second-order valence-electron chi connectivity index (χ2n) is 2.94. The first-order valence-electron chi connectivity index (χ1n) is 4.32. The summed E-state index contributed by atoms with van der Waals surface area (Å²) in [4.78, 5) is 0. The molecule has 1 aliphatic rings. The van der Waals surface area contributed by atoms with Crippen LogP contribution >= 0.6 is 0 Å². The van der Waals surface area contributed by atoms with E-state index in [1.165, 1.54) is 25.8 Å². The van der Waals surface area contributed by atoms with Gasteiger partial charge in [0.1, 0.15) is 0 Å². The van der Waals surface area contributed by atoms with Crippen molar-refractivity contribution in [3.63, 3.8) is 0 Å². The van der Waals surface area contributed by atoms with E-state index in [-0.39, 0.29) is 0 Å². The van der Waals surface area contributed by atoms with E-state index in [1.807, 2.05) is 0 Å². The summed E-state index contributed by atoms with van der Waals surface area (Å²) < 4.78 is 4.92. The van der Waals surface area contributed by atoms with Gasteiger partial charge in [0.25, 0.3) is 0 Å². The van der Waals surface area contributed by atoms with Gasteiger partial charge in [-0.05, 0) is 19.4 Å². The molecule has 0 saturated carbocycles. The fourth-order valence-electron chi connectivity index (χ4n) is 1.36. The van der Waals surface area contributed by atoms with Crippen LogP contribution in [0, 0.1) is 0 Å². The van der Waals surface area contributed by atoms with Gasteiger partial charge in [-0.15, -0.1) is 0 Å². The Hall–Kier alpha value is -0.340. The molecule has 64 valence electrons. The molecule has 0 aromatic heterocycles. The fraction of sp³-hybridized carbons (Fsp3) is 0.778. The number of ether oxygens (including phenoxy) is 1. The zero-order valence-corrected chi connectivity index (χ0v) is 7.18. The maximum Gasteiger partial charge on any atom is 0.0644 e. The third kappa shape index (κ3) is 3.54. The van der Waals surface area contributed by atoms with Gasteiger partial charge in [-0.2, -0.15) is 0 Å². The van der Waals surface area contributed by atoms with Crippen LogP contribution in [0.2, 0.25) is 0 Å². The Labute approximate surface area is 68.6 Å². The normalized spacial score (nSPS) is 26.1. The molecule has 1 rings (SSSR count). The van der Waals surface area contributed by atoms with Crippen LogP contribution in [-0.2, 0) is 4.74 Å². The molecule has 0 aromatic carbocycles. The van der Waals surface area contributed by atoms with Crippen molar-refractivity contribution in [2.75, 3.05) is 20.3 Å². The monoisotopic (exact) mass is 155 g/mol. The molecule has 0 bridgehead atoms. The van der Waals surface area contributed by atoms with Crippen molar-refractivity contribution in [3.05, 3.63) is 12.2 Å². The summed E-state index contributed by atoms with van der Waals surface area (Å²) in [7, 11) is 1.72. The molecular weight excluding hydrogens is 138 g/mol. The number of hydrogen-bond donors (Lipinski definition) is 1. The highest BCUT2D eigenvalue weighted by atomic mass is 16.5. The maximum atomic E-state index is 4.92. The summed E-state index contributed by atoms with van der Waals surface area (Å²) in [5.41, 5.74) is 0. The highest BCUT2D eigenvalue weighted by Gasteiger charge is 2.07. The lowest BCUT2D eigenvalue weighted by molar-refractivity contribution is 0.233. The van der Waals surface area contributed by atoms with Crippen molar-refractivity contribution in [1.82, 2.24) is 5.32 Å². The lowest BCUT2D eigenvalue weighted by Crippen LogP contribution is -2.32. The summed E-state index contributed by atoms with van der Waals surface area (Å²) >= 11 is 0. The zero-order valence-electron chi connectivity index (χ0n) is 7.18. The van der Waals surface area contributed by atoms with E-state index in [9.17, 15) is 0 Å². The summed E-state index contributed by atoms with van der Waals surface area (Å²) in [5.74, 6) is 0. The average molecular weight is 155 g/mol. The van der Waals surface area contributed by atoms with Crippen molar-refractivity contribution < 1.29 is 4.74 Å². The molecule has 0 amide bonds. The number of methoxy groups -OCH3 is 1. The number of nitrogens with one attached hydrogen (secondary N) is 1. The Bertz CT molecular complexity index is 117. The molecule has 1 saturated heterocycles. The van der Waals surface area contributed by atoms with Gasteiger partial charge < -0.3 is 10.1 Å². The van der Waals surface area contributed by atoms with Crippen LogP contribution in [-0.4, -0.2) is 26.3 Å². The smallest absolute Gasteiger partial charge is 0.0644 e. The molecule has 1 heterocycles. The molecule has 0 radical (unpaired) electrons. The Kier molecular flexibility index (Phi) is 4.24. The highest BCUT2D eigenvalue weighted by molar-refractivity contribution is 4.94. The molecule has 1 unspecified atom stereocenters. The van der Waals surface area contributed by atoms with E-state index < -0.39 is 0 Å². The molecule has 1 atom stereocenters. The van der Waals surface area contributed by atoms with Crippen LogP contribution in [0.15, 0.2) is 12.2 Å². The predicted molar refractivity (Wildman–Crippen MR) is 46.7 cm³/mol. The number of piperidine rings is 1. The first-order valence-corrected chi connectivity index (χ1v) is 4.32. The lowest BCUT2D eigenvalue weighted by atomic mass is 10.0. The minimum Gasteiger partial charge on any atom is -0.381 e. The first-order chi connectivity index (χ1) is 5.43. The molecule has 0 spiro atoms. The van der Waals surface area contributed by atoms with Gasteiger partial charge in [0.2, 0.25) is 0 Å². The zero-order chi connectivity index (χ0) is 7.94. The first kappa shape index (κ1) is 8.75. The Morgan fingerprint density at radius 3 is 3.09 bits per heavy atom. The van der Waals surface area contributed by atoms with Crippen molar-refractivity contribution in [2.45, 2.75) is 25.3 Å². The fourth-order valence-corrected chi connectivity index (χ4v) is 1.36. The standard InChI is InChI=1S/C9H17NO/c1-11-8-4-6-9-5-2-3-7-10-9/h4,6,9-10H,2-3,5,7-8H2,1H3/b6-4+. The van der Waals surface area contributed by atoms with Crippen LogP contribution in [0.4, 0.5) is 0 Å². The lowest BCUT2D eigenvalue weighted by Gasteiger charge is -2.19. The van der Waals surface area contributed by atoms with Crippen LogP contribution in [0.25, 0.3) is 0 Å². The average Bonchev–Trinajstić information content (AvgIpc) is 2.07. The molecule has 0 aliphatic carbocycles. The number of hydrogen-bond acceptors (Lipinski definition) is 2. The van der Waals surface area contributed by atoms with E-state index in [2.05, 4.69) is 17.5 Å². The van der Waals surface area contributed by atoms with Gasteiger partial charge >= 0.3 is 0 Å². The second kappa shape index (κ2) is 5.33. The molecule has 2 heteroatoms. The second-order valence-corrected chi connectivity index (χ2v) is 2.94. The summed E-state index contributed by atoms with van der Waals surface area (Å²) in [6, 6.07) is 0.596. The van der Waals surface area contributed by atoms with Gasteiger partial charge in [0.15, 0.2) is 0 Å². The highest BCUT2D eigenvalue weighted by Crippen LogP contribution is 2.07. The third-order valence-electron chi connectivity index (χ3n) is 1.98. The number of rotatable bonds is 3. The Morgan fingerprint density at radius 1 is 1.55 bits per heavy atom. The topological polar surface area (TPSA) is 21.3 Å². The van der Waals surface area contributed by atoms with E-state index in [1.54, 1.807) is 7.11 Å². The summed E-state index contributed by atoms with van der Waals surface area (Å²) in [5, 5.41) is 3.44. The Morgan fingerprint density at radius 2 is 2.45 bits per heavy atom. The minimum absolute atomic E-state index is 0.596. The van der Waals surface area contributed by atoms with Gasteiger partial charge in [-0.1, -0.05) is 18.6 Å². The van der Waals surface area contributed by atoms with Crippen molar-refractivity contribution in [1.29, 1.82) is 0 Å². The minimum atomic E-state index is 0.596. The van der Waals surface area contributed by atoms with E-state index in [0.717, 1.165) is 6.61 Å². The maximum absolute atomic E-state index is 4.92. The summed E-state index contributed by atoms with van der Waals surface area (Å²) in [6.07, 6.45) is 8.26. The van der Waals surface area contributed by atoms with Crippen LogP contribution in [0.1, 0.15) is 19.3 Å². The van der Waals surface area contributed by atoms with E-state index in [4.69, 9.17) is 4.74 Å². The van der Waals surface area contributed by atoms with E-state index in [0.29, 0.717) is 6.04 Å². The van der Waals surface area contributed by atoms with Gasteiger partial charge in [0, 0.05) is 13.2 Å². The molecule has 1 fully saturated rings. The quantitative estimate of drug-likeness (QED) is 0.621. The van der Waals surface area contributed by atoms with Gasteiger partial charge in [-0.25, -0.2) is 0 Å².